The topological polar surface area (TPSA) is 97.0 Å². The van der Waals surface area contributed by atoms with E-state index in [1.807, 2.05) is 18.2 Å². The highest BCUT2D eigenvalue weighted by Crippen LogP contribution is 2.42. The van der Waals surface area contributed by atoms with Crippen molar-refractivity contribution in [3.8, 4) is 23.0 Å². The molecule has 2 aromatic carbocycles. The minimum absolute atomic E-state index is 0.0731. The zero-order chi connectivity index (χ0) is 27.9. The summed E-state index contributed by atoms with van der Waals surface area (Å²) in [5.41, 5.74) is 5.82. The maximum atomic E-state index is 9.28. The Hall–Kier alpha value is -2.87. The lowest BCUT2D eigenvalue weighted by molar-refractivity contribution is 0.289. The molecule has 1 aromatic heterocycles. The second kappa shape index (κ2) is 12.8. The van der Waals surface area contributed by atoms with Crippen LogP contribution in [0.2, 0.25) is 0 Å². The van der Waals surface area contributed by atoms with E-state index in [4.69, 9.17) is 24.0 Å². The molecule has 0 amide bonds. The Morgan fingerprint density at radius 3 is 2.18 bits per heavy atom. The van der Waals surface area contributed by atoms with Crippen LogP contribution < -0.4 is 14.8 Å². The van der Waals surface area contributed by atoms with Crippen molar-refractivity contribution in [1.29, 1.82) is 0 Å². The van der Waals surface area contributed by atoms with E-state index in [0.717, 1.165) is 45.0 Å². The third kappa shape index (κ3) is 7.59. The lowest BCUT2D eigenvalue weighted by Crippen LogP contribution is -2.19. The molecule has 3 aromatic rings. The Balaban J connectivity index is 1.79. The van der Waals surface area contributed by atoms with Crippen molar-refractivity contribution in [2.75, 3.05) is 33.5 Å². The molecule has 38 heavy (non-hydrogen) atoms. The van der Waals surface area contributed by atoms with Crippen molar-refractivity contribution < 1.29 is 24.1 Å². The number of nitrogens with zero attached hydrogens (tertiary/aromatic N) is 1. The van der Waals surface area contributed by atoms with E-state index in [0.29, 0.717) is 38.4 Å². The molecule has 0 radical (unpaired) electrons. The fraction of sp³-hybridized carbons (Fsp3) is 0.516. The van der Waals surface area contributed by atoms with Gasteiger partial charge in [-0.25, -0.2) is 4.98 Å². The lowest BCUT2D eigenvalue weighted by Gasteiger charge is -2.29. The number of hydrogen-bond donors (Lipinski definition) is 3. The smallest absolute Gasteiger partial charge is 0.226 e. The first-order chi connectivity index (χ1) is 18.0. The molecule has 208 valence electrons. The molecule has 0 atom stereocenters. The monoisotopic (exact) mass is 524 g/mol. The average Bonchev–Trinajstić information content (AvgIpc) is 3.32. The fourth-order valence-electron chi connectivity index (χ4n) is 4.40. The number of aromatic nitrogens is 1. The first-order valence-corrected chi connectivity index (χ1v) is 13.3. The van der Waals surface area contributed by atoms with Crippen LogP contribution in [0.1, 0.15) is 69.5 Å². The number of aliphatic hydroxyl groups excluding tert-OH is 2. The first kappa shape index (κ1) is 29.7. The summed E-state index contributed by atoms with van der Waals surface area (Å²) in [5.74, 6) is 2.28. The normalized spacial score (nSPS) is 12.1. The third-order valence-corrected chi connectivity index (χ3v) is 6.45. The van der Waals surface area contributed by atoms with Crippen LogP contribution in [0.4, 0.5) is 0 Å². The van der Waals surface area contributed by atoms with Crippen molar-refractivity contribution >= 4 is 0 Å². The molecule has 1 heterocycles. The molecular weight excluding hydrogens is 480 g/mol. The molecule has 3 rings (SSSR count). The van der Waals surface area contributed by atoms with Crippen molar-refractivity contribution in [3.05, 3.63) is 64.5 Å². The summed E-state index contributed by atoms with van der Waals surface area (Å²) in [5, 5.41) is 21.6. The Labute approximate surface area is 227 Å². The summed E-state index contributed by atoms with van der Waals surface area (Å²) >= 11 is 0. The van der Waals surface area contributed by atoms with Gasteiger partial charge in [0.25, 0.3) is 0 Å². The second-order valence-electron chi connectivity index (χ2n) is 11.7. The van der Waals surface area contributed by atoms with Gasteiger partial charge in [0.15, 0.2) is 0 Å². The Bertz CT molecular complexity index is 1150. The third-order valence-electron chi connectivity index (χ3n) is 6.45. The number of nitrogens with one attached hydrogen (secondary N) is 1. The predicted octanol–water partition coefficient (Wildman–Crippen LogP) is 5.18. The minimum atomic E-state index is -0.110. The standard InChI is InChI=1S/C31H44N2O5/c1-30(2,3)25-17-22(18-26(28(25)36-7)31(4,5)6)29-33-24(20-38-29)11-15-37-27-9-8-21(10-13-34)16-23(27)19-32-12-14-35/h8-9,16-18,20,32,34-35H,10-15,19H2,1-7H3. The molecule has 0 saturated carbocycles. The van der Waals surface area contributed by atoms with Crippen LogP contribution in [-0.2, 0) is 30.2 Å². The van der Waals surface area contributed by atoms with Crippen LogP contribution in [-0.4, -0.2) is 48.7 Å². The summed E-state index contributed by atoms with van der Waals surface area (Å²) < 4.78 is 17.9. The van der Waals surface area contributed by atoms with Gasteiger partial charge in [0.2, 0.25) is 5.89 Å². The largest absolute Gasteiger partial charge is 0.496 e. The fourth-order valence-corrected chi connectivity index (χ4v) is 4.40. The molecule has 7 heteroatoms. The number of rotatable bonds is 12. The van der Waals surface area contributed by atoms with Gasteiger partial charge in [-0.3, -0.25) is 0 Å². The first-order valence-electron chi connectivity index (χ1n) is 13.3. The Morgan fingerprint density at radius 1 is 0.921 bits per heavy atom. The molecule has 0 aliphatic rings. The van der Waals surface area contributed by atoms with Gasteiger partial charge in [0.1, 0.15) is 17.8 Å². The van der Waals surface area contributed by atoms with Gasteiger partial charge in [0.05, 0.1) is 26.0 Å². The predicted molar refractivity (Wildman–Crippen MR) is 151 cm³/mol. The van der Waals surface area contributed by atoms with Crippen molar-refractivity contribution in [1.82, 2.24) is 10.3 Å². The molecule has 0 bridgehead atoms. The van der Waals surface area contributed by atoms with Crippen LogP contribution in [0.5, 0.6) is 11.5 Å². The van der Waals surface area contributed by atoms with E-state index in [1.165, 1.54) is 0 Å². The SMILES string of the molecule is COc1c(C(C)(C)C)cc(-c2nc(CCOc3ccc(CCO)cc3CNCCO)co2)cc1C(C)(C)C. The molecule has 3 N–H and O–H groups in total. The number of aliphatic hydroxyl groups is 2. The Kier molecular flexibility index (Phi) is 9.99. The summed E-state index contributed by atoms with van der Waals surface area (Å²) in [7, 11) is 1.73. The molecular formula is C31H44N2O5. The van der Waals surface area contributed by atoms with Gasteiger partial charge < -0.3 is 29.4 Å². The van der Waals surface area contributed by atoms with Gasteiger partial charge in [-0.2, -0.15) is 0 Å². The van der Waals surface area contributed by atoms with E-state index in [-0.39, 0.29) is 24.0 Å². The highest BCUT2D eigenvalue weighted by molar-refractivity contribution is 5.63. The molecule has 7 nitrogen and oxygen atoms in total. The van der Waals surface area contributed by atoms with E-state index >= 15 is 0 Å². The molecule has 0 fully saturated rings. The summed E-state index contributed by atoms with van der Waals surface area (Å²) in [6, 6.07) is 10.2. The lowest BCUT2D eigenvalue weighted by atomic mass is 9.78. The van der Waals surface area contributed by atoms with Gasteiger partial charge >= 0.3 is 0 Å². The summed E-state index contributed by atoms with van der Waals surface area (Å²) in [6.07, 6.45) is 2.89. The molecule has 0 aliphatic heterocycles. The van der Waals surface area contributed by atoms with Crippen LogP contribution >= 0.6 is 0 Å². The highest BCUT2D eigenvalue weighted by Gasteiger charge is 2.28. The maximum absolute atomic E-state index is 9.28. The quantitative estimate of drug-likeness (QED) is 0.281. The average molecular weight is 525 g/mol. The van der Waals surface area contributed by atoms with Crippen molar-refractivity contribution in [3.63, 3.8) is 0 Å². The van der Waals surface area contributed by atoms with Crippen LogP contribution in [0, 0.1) is 0 Å². The zero-order valence-electron chi connectivity index (χ0n) is 24.0. The number of oxazole rings is 1. The number of benzene rings is 2. The van der Waals surface area contributed by atoms with Gasteiger partial charge in [-0.1, -0.05) is 53.7 Å². The highest BCUT2D eigenvalue weighted by atomic mass is 16.5. The van der Waals surface area contributed by atoms with Crippen LogP contribution in [0.15, 0.2) is 41.0 Å². The van der Waals surface area contributed by atoms with Gasteiger partial charge in [0, 0.05) is 48.4 Å². The maximum Gasteiger partial charge on any atom is 0.226 e. The van der Waals surface area contributed by atoms with Gasteiger partial charge in [-0.05, 0) is 41.0 Å². The van der Waals surface area contributed by atoms with E-state index in [2.05, 4.69) is 59.0 Å². The molecule has 0 saturated heterocycles. The van der Waals surface area contributed by atoms with E-state index in [1.54, 1.807) is 13.4 Å². The van der Waals surface area contributed by atoms with E-state index < -0.39 is 0 Å². The minimum Gasteiger partial charge on any atom is -0.496 e. The number of ether oxygens (including phenoxy) is 2. The van der Waals surface area contributed by atoms with Crippen molar-refractivity contribution in [2.45, 2.75) is 71.8 Å². The summed E-state index contributed by atoms with van der Waals surface area (Å²) in [4.78, 5) is 4.78. The zero-order valence-corrected chi connectivity index (χ0v) is 24.0. The molecule has 0 unspecified atom stereocenters. The number of hydrogen-bond acceptors (Lipinski definition) is 7. The van der Waals surface area contributed by atoms with Crippen LogP contribution in [0.3, 0.4) is 0 Å². The van der Waals surface area contributed by atoms with Crippen LogP contribution in [0.25, 0.3) is 11.5 Å². The van der Waals surface area contributed by atoms with Gasteiger partial charge in [-0.15, -0.1) is 0 Å². The second-order valence-corrected chi connectivity index (χ2v) is 11.7. The molecule has 0 spiro atoms. The van der Waals surface area contributed by atoms with E-state index in [9.17, 15) is 5.11 Å². The Morgan fingerprint density at radius 2 is 1.61 bits per heavy atom. The number of methoxy groups -OCH3 is 1. The van der Waals surface area contributed by atoms with Crippen molar-refractivity contribution in [2.24, 2.45) is 0 Å². The molecule has 0 aliphatic carbocycles. The summed E-state index contributed by atoms with van der Waals surface area (Å²) in [6.45, 7) is 14.8.